The van der Waals surface area contributed by atoms with Gasteiger partial charge in [-0.3, -0.25) is 0 Å². The third kappa shape index (κ3) is 0.971. The third-order valence-corrected chi connectivity index (χ3v) is 2.44. The maximum absolute atomic E-state index is 5.27. The number of epoxide rings is 1. The molecule has 0 bridgehead atoms. The van der Waals surface area contributed by atoms with Gasteiger partial charge in [0.2, 0.25) is 0 Å². The molecule has 3 heteroatoms. The van der Waals surface area contributed by atoms with Crippen molar-refractivity contribution in [2.45, 2.75) is 6.10 Å². The minimum atomic E-state index is 0.313. The first kappa shape index (κ1) is 7.09. The average molecular weight is 174 g/mol. The van der Waals surface area contributed by atoms with Crippen molar-refractivity contribution in [3.8, 4) is 0 Å². The molecule has 1 saturated heterocycles. The second-order valence-electron chi connectivity index (χ2n) is 3.39. The van der Waals surface area contributed by atoms with Gasteiger partial charge < -0.3 is 9.30 Å². The van der Waals surface area contributed by atoms with Crippen LogP contribution < -0.4 is 0 Å². The van der Waals surface area contributed by atoms with Gasteiger partial charge >= 0.3 is 0 Å². The molecule has 3 nitrogen and oxygen atoms in total. The average Bonchev–Trinajstić information content (AvgIpc) is 2.94. The molecule has 0 aliphatic carbocycles. The Bertz CT molecular complexity index is 457. The molecule has 1 aliphatic rings. The first-order valence-corrected chi connectivity index (χ1v) is 4.38. The summed E-state index contributed by atoms with van der Waals surface area (Å²) in [6.07, 6.45) is 4.24. The van der Waals surface area contributed by atoms with E-state index in [1.165, 1.54) is 10.9 Å². The SMILES string of the molecule is Cn1cc(C2CO2)c2cccnc21. The molecule has 0 radical (unpaired) electrons. The molecule has 0 N–H and O–H groups in total. The fourth-order valence-electron chi connectivity index (χ4n) is 1.73. The van der Waals surface area contributed by atoms with Gasteiger partial charge in [-0.15, -0.1) is 0 Å². The zero-order valence-electron chi connectivity index (χ0n) is 7.40. The predicted octanol–water partition coefficient (Wildman–Crippen LogP) is 1.64. The number of hydrogen-bond acceptors (Lipinski definition) is 2. The molecule has 0 saturated carbocycles. The molecule has 1 aliphatic heterocycles. The second kappa shape index (κ2) is 2.33. The molecule has 66 valence electrons. The van der Waals surface area contributed by atoms with E-state index >= 15 is 0 Å². The largest absolute Gasteiger partial charge is 0.368 e. The Morgan fingerprint density at radius 2 is 2.46 bits per heavy atom. The number of aromatic nitrogens is 2. The number of hydrogen-bond donors (Lipinski definition) is 0. The molecule has 2 aromatic rings. The standard InChI is InChI=1S/C10H10N2O/c1-12-5-8(9-6-13-9)7-3-2-4-11-10(7)12/h2-5,9H,6H2,1H3. The predicted molar refractivity (Wildman–Crippen MR) is 49.4 cm³/mol. The summed E-state index contributed by atoms with van der Waals surface area (Å²) in [6.45, 7) is 0.855. The van der Waals surface area contributed by atoms with Crippen molar-refractivity contribution < 1.29 is 4.74 Å². The molecule has 3 rings (SSSR count). The van der Waals surface area contributed by atoms with E-state index in [2.05, 4.69) is 17.2 Å². The van der Waals surface area contributed by atoms with E-state index in [4.69, 9.17) is 4.74 Å². The Kier molecular flexibility index (Phi) is 1.27. The van der Waals surface area contributed by atoms with Gasteiger partial charge in [-0.1, -0.05) is 0 Å². The maximum atomic E-state index is 5.27. The van der Waals surface area contributed by atoms with E-state index < -0.39 is 0 Å². The summed E-state index contributed by atoms with van der Waals surface area (Å²) in [7, 11) is 2.02. The highest BCUT2D eigenvalue weighted by atomic mass is 16.6. The van der Waals surface area contributed by atoms with Crippen LogP contribution in [-0.2, 0) is 11.8 Å². The van der Waals surface area contributed by atoms with E-state index in [0.717, 1.165) is 12.3 Å². The van der Waals surface area contributed by atoms with Gasteiger partial charge in [-0.2, -0.15) is 0 Å². The van der Waals surface area contributed by atoms with Crippen molar-refractivity contribution in [3.63, 3.8) is 0 Å². The van der Waals surface area contributed by atoms with Gasteiger partial charge in [0.1, 0.15) is 11.8 Å². The Hall–Kier alpha value is -1.35. The number of ether oxygens (including phenoxy) is 1. The van der Waals surface area contributed by atoms with Gasteiger partial charge in [0.05, 0.1) is 6.61 Å². The van der Waals surface area contributed by atoms with Crippen LogP contribution in [0, 0.1) is 0 Å². The highest BCUT2D eigenvalue weighted by Crippen LogP contribution is 2.34. The summed E-state index contributed by atoms with van der Waals surface area (Å²) >= 11 is 0. The van der Waals surface area contributed by atoms with E-state index in [1.807, 2.05) is 23.9 Å². The lowest BCUT2D eigenvalue weighted by molar-refractivity contribution is 0.416. The monoisotopic (exact) mass is 174 g/mol. The Morgan fingerprint density at radius 3 is 3.23 bits per heavy atom. The molecule has 13 heavy (non-hydrogen) atoms. The van der Waals surface area contributed by atoms with Crippen molar-refractivity contribution in [3.05, 3.63) is 30.1 Å². The summed E-state index contributed by atoms with van der Waals surface area (Å²) in [5.74, 6) is 0. The van der Waals surface area contributed by atoms with Crippen LogP contribution in [0.2, 0.25) is 0 Å². The molecule has 0 spiro atoms. The summed E-state index contributed by atoms with van der Waals surface area (Å²) < 4.78 is 7.32. The van der Waals surface area contributed by atoms with Crippen molar-refractivity contribution >= 4 is 11.0 Å². The van der Waals surface area contributed by atoms with Crippen LogP contribution in [0.3, 0.4) is 0 Å². The topological polar surface area (TPSA) is 30.4 Å². The summed E-state index contributed by atoms with van der Waals surface area (Å²) in [5, 5.41) is 1.22. The van der Waals surface area contributed by atoms with Crippen LogP contribution in [0.4, 0.5) is 0 Å². The molecule has 0 aromatic carbocycles. The van der Waals surface area contributed by atoms with Crippen LogP contribution in [0.15, 0.2) is 24.5 Å². The minimum Gasteiger partial charge on any atom is -0.368 e. The van der Waals surface area contributed by atoms with Gasteiger partial charge in [-0.25, -0.2) is 4.98 Å². The quantitative estimate of drug-likeness (QED) is 0.615. The Morgan fingerprint density at radius 1 is 1.62 bits per heavy atom. The fourth-order valence-corrected chi connectivity index (χ4v) is 1.73. The molecule has 0 amide bonds. The number of fused-ring (bicyclic) bond motifs is 1. The van der Waals surface area contributed by atoms with Crippen LogP contribution in [0.25, 0.3) is 11.0 Å². The summed E-state index contributed by atoms with van der Waals surface area (Å²) in [4.78, 5) is 4.32. The number of aryl methyl sites for hydroxylation is 1. The Labute approximate surface area is 76.0 Å². The van der Waals surface area contributed by atoms with Crippen LogP contribution in [0.1, 0.15) is 11.7 Å². The van der Waals surface area contributed by atoms with Crippen molar-refractivity contribution in [2.75, 3.05) is 6.61 Å². The molecular formula is C10H10N2O. The van der Waals surface area contributed by atoms with Gasteiger partial charge in [0.25, 0.3) is 0 Å². The number of pyridine rings is 1. The van der Waals surface area contributed by atoms with Crippen molar-refractivity contribution in [2.24, 2.45) is 7.05 Å². The first-order valence-electron chi connectivity index (χ1n) is 4.38. The van der Waals surface area contributed by atoms with E-state index in [-0.39, 0.29) is 0 Å². The zero-order valence-corrected chi connectivity index (χ0v) is 7.40. The first-order chi connectivity index (χ1) is 6.36. The third-order valence-electron chi connectivity index (χ3n) is 2.44. The molecule has 1 unspecified atom stereocenters. The van der Waals surface area contributed by atoms with E-state index in [9.17, 15) is 0 Å². The lowest BCUT2D eigenvalue weighted by Gasteiger charge is -1.92. The maximum Gasteiger partial charge on any atom is 0.139 e. The Balaban J connectivity index is 2.34. The number of nitrogens with zero attached hydrogens (tertiary/aromatic N) is 2. The zero-order chi connectivity index (χ0) is 8.84. The summed E-state index contributed by atoms with van der Waals surface area (Å²) in [5.41, 5.74) is 2.30. The van der Waals surface area contributed by atoms with Gasteiger partial charge in [0.15, 0.2) is 0 Å². The number of rotatable bonds is 1. The summed E-state index contributed by atoms with van der Waals surface area (Å²) in [6, 6.07) is 4.06. The smallest absolute Gasteiger partial charge is 0.139 e. The van der Waals surface area contributed by atoms with E-state index in [1.54, 1.807) is 0 Å². The highest BCUT2D eigenvalue weighted by molar-refractivity contribution is 5.81. The van der Waals surface area contributed by atoms with Crippen molar-refractivity contribution in [1.29, 1.82) is 0 Å². The van der Waals surface area contributed by atoms with Crippen LogP contribution in [0.5, 0.6) is 0 Å². The van der Waals surface area contributed by atoms with Gasteiger partial charge in [0, 0.05) is 30.4 Å². The molecular weight excluding hydrogens is 164 g/mol. The fraction of sp³-hybridized carbons (Fsp3) is 0.300. The molecule has 1 fully saturated rings. The highest BCUT2D eigenvalue weighted by Gasteiger charge is 2.28. The minimum absolute atomic E-state index is 0.313. The van der Waals surface area contributed by atoms with E-state index in [0.29, 0.717) is 6.10 Å². The molecule has 3 heterocycles. The lowest BCUT2D eigenvalue weighted by Crippen LogP contribution is -1.85. The van der Waals surface area contributed by atoms with Crippen LogP contribution in [-0.4, -0.2) is 16.2 Å². The van der Waals surface area contributed by atoms with Gasteiger partial charge in [-0.05, 0) is 12.1 Å². The normalized spacial score (nSPS) is 20.8. The molecule has 2 aromatic heterocycles. The van der Waals surface area contributed by atoms with Crippen molar-refractivity contribution in [1.82, 2.24) is 9.55 Å². The van der Waals surface area contributed by atoms with Crippen LogP contribution >= 0.6 is 0 Å². The second-order valence-corrected chi connectivity index (χ2v) is 3.39. The molecule has 1 atom stereocenters. The lowest BCUT2D eigenvalue weighted by atomic mass is 10.2.